The van der Waals surface area contributed by atoms with Crippen LogP contribution in [0.2, 0.25) is 0 Å². The van der Waals surface area contributed by atoms with Crippen LogP contribution in [-0.2, 0) is 4.79 Å². The quantitative estimate of drug-likeness (QED) is 0.563. The van der Waals surface area contributed by atoms with Gasteiger partial charge in [0.2, 0.25) is 0 Å². The second-order valence-corrected chi connectivity index (χ2v) is 5.39. The topological polar surface area (TPSA) is 83.0 Å². The molecular formula is C18H21N3O3. The zero-order chi connectivity index (χ0) is 17.5. The fourth-order valence-electron chi connectivity index (χ4n) is 2.08. The van der Waals surface area contributed by atoms with E-state index in [-0.39, 0.29) is 11.7 Å². The van der Waals surface area contributed by atoms with Crippen molar-refractivity contribution in [2.75, 3.05) is 12.4 Å². The zero-order valence-electron chi connectivity index (χ0n) is 13.9. The molecule has 24 heavy (non-hydrogen) atoms. The van der Waals surface area contributed by atoms with Crippen molar-refractivity contribution in [3.05, 3.63) is 53.6 Å². The summed E-state index contributed by atoms with van der Waals surface area (Å²) >= 11 is 0. The van der Waals surface area contributed by atoms with Gasteiger partial charge in [-0.3, -0.25) is 4.79 Å². The predicted octanol–water partition coefficient (Wildman–Crippen LogP) is 2.66. The summed E-state index contributed by atoms with van der Waals surface area (Å²) in [6.07, 6.45) is 1.37. The molecule has 1 unspecified atom stereocenters. The molecule has 3 N–H and O–H groups in total. The maximum Gasteiger partial charge on any atom is 0.262 e. The van der Waals surface area contributed by atoms with E-state index >= 15 is 0 Å². The minimum absolute atomic E-state index is 0.0553. The van der Waals surface area contributed by atoms with Crippen LogP contribution < -0.4 is 15.5 Å². The third-order valence-corrected chi connectivity index (χ3v) is 3.41. The summed E-state index contributed by atoms with van der Waals surface area (Å²) in [5.41, 5.74) is 4.88. The average Bonchev–Trinajstić information content (AvgIpc) is 2.56. The number of carbonyl (C=O) groups is 1. The Morgan fingerprint density at radius 2 is 2.08 bits per heavy atom. The van der Waals surface area contributed by atoms with Crippen LogP contribution >= 0.6 is 0 Å². The number of aryl methyl sites for hydroxylation is 1. The van der Waals surface area contributed by atoms with Crippen molar-refractivity contribution in [1.29, 1.82) is 0 Å². The fraction of sp³-hybridized carbons (Fsp3) is 0.222. The summed E-state index contributed by atoms with van der Waals surface area (Å²) in [7, 11) is 1.54. The number of nitrogens with zero attached hydrogens (tertiary/aromatic N) is 1. The summed E-state index contributed by atoms with van der Waals surface area (Å²) in [6.45, 7) is 3.73. The highest BCUT2D eigenvalue weighted by Crippen LogP contribution is 2.20. The molecule has 0 aliphatic heterocycles. The molecule has 1 atom stereocenters. The van der Waals surface area contributed by atoms with Crippen LogP contribution in [0.5, 0.6) is 11.5 Å². The van der Waals surface area contributed by atoms with E-state index in [1.54, 1.807) is 19.1 Å². The molecule has 2 rings (SSSR count). The molecule has 0 saturated heterocycles. The number of phenols is 1. The lowest BCUT2D eigenvalue weighted by Gasteiger charge is -2.13. The van der Waals surface area contributed by atoms with Crippen LogP contribution in [0.1, 0.15) is 18.1 Å². The SMILES string of the molecule is COc1ccc(O)c(/C=N\NC(=O)C(C)Nc2cccc(C)c2)c1. The van der Waals surface area contributed by atoms with Crippen molar-refractivity contribution in [2.24, 2.45) is 5.10 Å². The van der Waals surface area contributed by atoms with Gasteiger partial charge in [0, 0.05) is 11.3 Å². The zero-order valence-corrected chi connectivity index (χ0v) is 13.9. The number of amides is 1. The molecular weight excluding hydrogens is 306 g/mol. The highest BCUT2D eigenvalue weighted by atomic mass is 16.5. The van der Waals surface area contributed by atoms with E-state index in [2.05, 4.69) is 15.8 Å². The normalized spacial score (nSPS) is 12.0. The second kappa shape index (κ2) is 8.01. The van der Waals surface area contributed by atoms with Crippen LogP contribution in [0.25, 0.3) is 0 Å². The molecule has 0 aliphatic rings. The first-order chi connectivity index (χ1) is 11.5. The van der Waals surface area contributed by atoms with Gasteiger partial charge < -0.3 is 15.2 Å². The maximum absolute atomic E-state index is 12.1. The number of ether oxygens (including phenoxy) is 1. The average molecular weight is 327 g/mol. The van der Waals surface area contributed by atoms with E-state index in [1.807, 2.05) is 31.2 Å². The van der Waals surface area contributed by atoms with Crippen LogP contribution in [0.4, 0.5) is 5.69 Å². The molecule has 0 radical (unpaired) electrons. The lowest BCUT2D eigenvalue weighted by Crippen LogP contribution is -2.34. The smallest absolute Gasteiger partial charge is 0.262 e. The monoisotopic (exact) mass is 327 g/mol. The number of methoxy groups -OCH3 is 1. The van der Waals surface area contributed by atoms with Crippen LogP contribution in [-0.4, -0.2) is 30.4 Å². The van der Waals surface area contributed by atoms with E-state index in [1.165, 1.54) is 19.4 Å². The van der Waals surface area contributed by atoms with Crippen LogP contribution in [0.15, 0.2) is 47.6 Å². The number of phenolic OH excluding ortho intramolecular Hbond substituents is 1. The van der Waals surface area contributed by atoms with Gasteiger partial charge in [-0.1, -0.05) is 12.1 Å². The minimum Gasteiger partial charge on any atom is -0.507 e. The highest BCUT2D eigenvalue weighted by molar-refractivity contribution is 5.88. The molecule has 6 heteroatoms. The van der Waals surface area contributed by atoms with Gasteiger partial charge in [0.1, 0.15) is 17.5 Å². The number of carbonyl (C=O) groups excluding carboxylic acids is 1. The van der Waals surface area contributed by atoms with E-state index < -0.39 is 6.04 Å². The highest BCUT2D eigenvalue weighted by Gasteiger charge is 2.11. The van der Waals surface area contributed by atoms with Gasteiger partial charge in [0.15, 0.2) is 0 Å². The molecule has 0 heterocycles. The van der Waals surface area contributed by atoms with Gasteiger partial charge in [-0.2, -0.15) is 5.10 Å². The Labute approximate surface area is 141 Å². The first kappa shape index (κ1) is 17.3. The van der Waals surface area contributed by atoms with E-state index in [0.29, 0.717) is 11.3 Å². The summed E-state index contributed by atoms with van der Waals surface area (Å²) < 4.78 is 5.08. The maximum atomic E-state index is 12.1. The van der Waals surface area contributed by atoms with Crippen molar-refractivity contribution >= 4 is 17.8 Å². The van der Waals surface area contributed by atoms with Gasteiger partial charge in [-0.05, 0) is 49.7 Å². The summed E-state index contributed by atoms with van der Waals surface area (Å²) in [4.78, 5) is 12.1. The van der Waals surface area contributed by atoms with E-state index in [0.717, 1.165) is 11.3 Å². The van der Waals surface area contributed by atoms with Crippen molar-refractivity contribution in [2.45, 2.75) is 19.9 Å². The van der Waals surface area contributed by atoms with Crippen molar-refractivity contribution < 1.29 is 14.6 Å². The van der Waals surface area contributed by atoms with Gasteiger partial charge >= 0.3 is 0 Å². The van der Waals surface area contributed by atoms with Gasteiger partial charge in [-0.15, -0.1) is 0 Å². The third kappa shape index (κ3) is 4.74. The van der Waals surface area contributed by atoms with Gasteiger partial charge in [-0.25, -0.2) is 5.43 Å². The molecule has 0 aliphatic carbocycles. The molecule has 0 bridgehead atoms. The van der Waals surface area contributed by atoms with Crippen LogP contribution in [0.3, 0.4) is 0 Å². The largest absolute Gasteiger partial charge is 0.507 e. The molecule has 126 valence electrons. The molecule has 2 aromatic rings. The summed E-state index contributed by atoms with van der Waals surface area (Å²) in [5.74, 6) is 0.366. The van der Waals surface area contributed by atoms with Crippen LogP contribution in [0, 0.1) is 6.92 Å². The van der Waals surface area contributed by atoms with E-state index in [9.17, 15) is 9.90 Å². The molecule has 0 saturated carbocycles. The number of hydrogen-bond donors (Lipinski definition) is 3. The van der Waals surface area contributed by atoms with Crippen molar-refractivity contribution in [1.82, 2.24) is 5.43 Å². The first-order valence-electron chi connectivity index (χ1n) is 7.52. The van der Waals surface area contributed by atoms with E-state index in [4.69, 9.17) is 4.74 Å². The standard InChI is InChI=1S/C18H21N3O3/c1-12-5-4-6-15(9-12)20-13(2)18(23)21-19-11-14-10-16(24-3)7-8-17(14)22/h4-11,13,20,22H,1-3H3,(H,21,23)/b19-11-. The molecule has 0 spiro atoms. The number of hydrogen-bond acceptors (Lipinski definition) is 5. The van der Waals surface area contributed by atoms with Crippen molar-refractivity contribution in [3.8, 4) is 11.5 Å². The molecule has 6 nitrogen and oxygen atoms in total. The number of anilines is 1. The van der Waals surface area contributed by atoms with Crippen molar-refractivity contribution in [3.63, 3.8) is 0 Å². The lowest BCUT2D eigenvalue weighted by molar-refractivity contribution is -0.121. The minimum atomic E-state index is -0.456. The third-order valence-electron chi connectivity index (χ3n) is 3.41. The Balaban J connectivity index is 1.94. The Morgan fingerprint density at radius 1 is 1.29 bits per heavy atom. The fourth-order valence-corrected chi connectivity index (χ4v) is 2.08. The molecule has 0 aromatic heterocycles. The molecule has 2 aromatic carbocycles. The Morgan fingerprint density at radius 3 is 2.79 bits per heavy atom. The summed E-state index contributed by atoms with van der Waals surface area (Å²) in [6, 6.07) is 12.1. The summed E-state index contributed by atoms with van der Waals surface area (Å²) in [5, 5.41) is 16.7. The lowest BCUT2D eigenvalue weighted by atomic mass is 10.2. The Bertz CT molecular complexity index is 744. The number of aromatic hydroxyl groups is 1. The van der Waals surface area contributed by atoms with Gasteiger partial charge in [0.05, 0.1) is 13.3 Å². The molecule has 0 fully saturated rings. The first-order valence-corrected chi connectivity index (χ1v) is 7.52. The number of rotatable bonds is 6. The number of hydrazone groups is 1. The number of benzene rings is 2. The predicted molar refractivity (Wildman–Crippen MR) is 94.7 cm³/mol. The Hall–Kier alpha value is -3.02. The second-order valence-electron chi connectivity index (χ2n) is 5.39. The van der Waals surface area contributed by atoms with Gasteiger partial charge in [0.25, 0.3) is 5.91 Å². The molecule has 1 amide bonds. The number of nitrogens with one attached hydrogen (secondary N) is 2. The Kier molecular flexibility index (Phi) is 5.78.